The minimum absolute atomic E-state index is 0.167. The number of carbonyl (C=O) groups is 1. The molecule has 4 nitrogen and oxygen atoms in total. The van der Waals surface area contributed by atoms with Gasteiger partial charge in [-0.3, -0.25) is 4.79 Å². The summed E-state index contributed by atoms with van der Waals surface area (Å²) in [5, 5.41) is 7.83. The minimum Gasteiger partial charge on any atom is -0.367 e. The van der Waals surface area contributed by atoms with E-state index in [2.05, 4.69) is 10.6 Å². The zero-order valence-corrected chi connectivity index (χ0v) is 19.2. The molecule has 8 heteroatoms. The predicted octanol–water partition coefficient (Wildman–Crippen LogP) is 6.33. The number of hydrogen-bond acceptors (Lipinski definition) is 3. The maximum absolute atomic E-state index is 15.3. The number of halogens is 4. The molecule has 1 fully saturated rings. The van der Waals surface area contributed by atoms with Crippen LogP contribution in [-0.2, 0) is 6.18 Å². The molecule has 0 aromatic heterocycles. The summed E-state index contributed by atoms with van der Waals surface area (Å²) in [5.41, 5.74) is 1.08. The van der Waals surface area contributed by atoms with Gasteiger partial charge in [0.2, 0.25) is 0 Å². The van der Waals surface area contributed by atoms with Crippen molar-refractivity contribution in [2.24, 2.45) is 0 Å². The molecule has 0 spiro atoms. The summed E-state index contributed by atoms with van der Waals surface area (Å²) in [6.45, 7) is 2.69. The second-order valence-electron chi connectivity index (χ2n) is 8.64. The molecule has 1 amide bonds. The van der Waals surface area contributed by atoms with Crippen molar-refractivity contribution in [3.63, 3.8) is 0 Å². The molecule has 1 heterocycles. The Morgan fingerprint density at radius 1 is 0.889 bits per heavy atom. The van der Waals surface area contributed by atoms with Crippen molar-refractivity contribution in [1.82, 2.24) is 5.32 Å². The van der Waals surface area contributed by atoms with E-state index >= 15 is 4.39 Å². The largest absolute Gasteiger partial charge is 0.416 e. The maximum Gasteiger partial charge on any atom is 0.416 e. The number of fused-ring (bicyclic) bond motifs is 1. The molecule has 0 bridgehead atoms. The fourth-order valence-electron chi connectivity index (χ4n) is 4.50. The van der Waals surface area contributed by atoms with Crippen LogP contribution in [0, 0.1) is 5.82 Å². The lowest BCUT2D eigenvalue weighted by molar-refractivity contribution is -0.137. The summed E-state index contributed by atoms with van der Waals surface area (Å²) in [6.07, 6.45) is -4.47. The van der Waals surface area contributed by atoms with Gasteiger partial charge in [-0.1, -0.05) is 48.5 Å². The molecule has 184 valence electrons. The van der Waals surface area contributed by atoms with Crippen LogP contribution < -0.4 is 15.5 Å². The van der Waals surface area contributed by atoms with Crippen LogP contribution in [0.15, 0.2) is 78.9 Å². The summed E-state index contributed by atoms with van der Waals surface area (Å²) in [6, 6.07) is 20.2. The average Bonchev–Trinajstić information content (AvgIpc) is 2.88. The topological polar surface area (TPSA) is 44.4 Å². The van der Waals surface area contributed by atoms with E-state index in [0.29, 0.717) is 48.7 Å². The van der Waals surface area contributed by atoms with E-state index in [-0.39, 0.29) is 11.5 Å². The van der Waals surface area contributed by atoms with Gasteiger partial charge in [0.1, 0.15) is 5.82 Å². The fourth-order valence-corrected chi connectivity index (χ4v) is 4.50. The average molecular weight is 494 g/mol. The molecule has 1 saturated heterocycles. The van der Waals surface area contributed by atoms with Crippen molar-refractivity contribution >= 4 is 28.1 Å². The van der Waals surface area contributed by atoms with Crippen LogP contribution in [0.25, 0.3) is 21.9 Å². The molecule has 1 aliphatic rings. The van der Waals surface area contributed by atoms with Crippen LogP contribution in [0.2, 0.25) is 0 Å². The maximum atomic E-state index is 15.3. The molecular weight excluding hydrogens is 470 g/mol. The Labute approximate surface area is 205 Å². The molecule has 4 aromatic rings. The van der Waals surface area contributed by atoms with Gasteiger partial charge in [0, 0.05) is 43.4 Å². The molecule has 4 aromatic carbocycles. The van der Waals surface area contributed by atoms with Crippen LogP contribution in [0.1, 0.15) is 15.9 Å². The van der Waals surface area contributed by atoms with Gasteiger partial charge in [-0.2, -0.15) is 13.2 Å². The van der Waals surface area contributed by atoms with Gasteiger partial charge in [0.15, 0.2) is 0 Å². The first-order valence-corrected chi connectivity index (χ1v) is 11.6. The highest BCUT2D eigenvalue weighted by Crippen LogP contribution is 2.37. The minimum atomic E-state index is -4.47. The Kier molecular flexibility index (Phi) is 6.36. The van der Waals surface area contributed by atoms with Gasteiger partial charge < -0.3 is 15.5 Å². The van der Waals surface area contributed by atoms with Crippen molar-refractivity contribution in [2.45, 2.75) is 6.18 Å². The molecule has 1 aliphatic heterocycles. The predicted molar refractivity (Wildman–Crippen MR) is 134 cm³/mol. The third-order valence-electron chi connectivity index (χ3n) is 6.35. The highest BCUT2D eigenvalue weighted by atomic mass is 19.4. The monoisotopic (exact) mass is 493 g/mol. The van der Waals surface area contributed by atoms with Crippen LogP contribution in [0.3, 0.4) is 0 Å². The van der Waals surface area contributed by atoms with E-state index < -0.39 is 17.6 Å². The fraction of sp³-hybridized carbons (Fsp3) is 0.179. The van der Waals surface area contributed by atoms with E-state index in [1.807, 2.05) is 35.2 Å². The number of hydrogen-bond donors (Lipinski definition) is 2. The number of benzene rings is 4. The normalized spacial score (nSPS) is 14.2. The van der Waals surface area contributed by atoms with Gasteiger partial charge in [-0.15, -0.1) is 0 Å². The first kappa shape index (κ1) is 23.8. The smallest absolute Gasteiger partial charge is 0.367 e. The number of piperazine rings is 1. The molecule has 5 rings (SSSR count). The van der Waals surface area contributed by atoms with Gasteiger partial charge in [0.25, 0.3) is 5.91 Å². The van der Waals surface area contributed by atoms with E-state index in [1.165, 1.54) is 18.2 Å². The van der Waals surface area contributed by atoms with Crippen molar-refractivity contribution < 1.29 is 22.4 Å². The van der Waals surface area contributed by atoms with Crippen LogP contribution in [0.4, 0.5) is 28.9 Å². The van der Waals surface area contributed by atoms with Crippen LogP contribution >= 0.6 is 0 Å². The zero-order valence-electron chi connectivity index (χ0n) is 19.2. The molecule has 0 atom stereocenters. The summed E-state index contributed by atoms with van der Waals surface area (Å²) in [4.78, 5) is 15.3. The molecule has 2 N–H and O–H groups in total. The van der Waals surface area contributed by atoms with E-state index in [9.17, 15) is 18.0 Å². The number of nitrogens with zero attached hydrogens (tertiary/aromatic N) is 1. The summed E-state index contributed by atoms with van der Waals surface area (Å²) < 4.78 is 54.3. The van der Waals surface area contributed by atoms with Gasteiger partial charge in [-0.25, -0.2) is 4.39 Å². The lowest BCUT2D eigenvalue weighted by Crippen LogP contribution is -2.43. The van der Waals surface area contributed by atoms with Gasteiger partial charge in [0.05, 0.1) is 16.9 Å². The van der Waals surface area contributed by atoms with Crippen LogP contribution in [0.5, 0.6) is 0 Å². The van der Waals surface area contributed by atoms with E-state index in [1.54, 1.807) is 18.2 Å². The Morgan fingerprint density at radius 3 is 2.31 bits per heavy atom. The summed E-state index contributed by atoms with van der Waals surface area (Å²) in [5.74, 6) is -1.01. The highest BCUT2D eigenvalue weighted by molar-refractivity contribution is 6.14. The molecule has 36 heavy (non-hydrogen) atoms. The highest BCUT2D eigenvalue weighted by Gasteiger charge is 2.30. The van der Waals surface area contributed by atoms with E-state index in [4.69, 9.17) is 0 Å². The lowest BCUT2D eigenvalue weighted by Gasteiger charge is -2.31. The number of amides is 1. The first-order chi connectivity index (χ1) is 17.3. The second-order valence-corrected chi connectivity index (χ2v) is 8.64. The number of rotatable bonds is 4. The first-order valence-electron chi connectivity index (χ1n) is 11.6. The molecule has 0 unspecified atom stereocenters. The Morgan fingerprint density at radius 2 is 1.58 bits per heavy atom. The van der Waals surface area contributed by atoms with Crippen molar-refractivity contribution in [3.8, 4) is 11.1 Å². The molecule has 0 aliphatic carbocycles. The number of carbonyl (C=O) groups excluding carboxylic acids is 1. The third kappa shape index (κ3) is 4.77. The summed E-state index contributed by atoms with van der Waals surface area (Å²) >= 11 is 0. The van der Waals surface area contributed by atoms with Gasteiger partial charge >= 0.3 is 6.18 Å². The molecule has 0 radical (unpaired) electrons. The molecule has 0 saturated carbocycles. The van der Waals surface area contributed by atoms with Crippen molar-refractivity contribution in [3.05, 3.63) is 95.8 Å². The van der Waals surface area contributed by atoms with Crippen molar-refractivity contribution in [2.75, 3.05) is 36.4 Å². The third-order valence-corrected chi connectivity index (χ3v) is 6.35. The van der Waals surface area contributed by atoms with Crippen molar-refractivity contribution in [1.29, 1.82) is 0 Å². The number of nitrogens with one attached hydrogen (secondary N) is 2. The zero-order chi connectivity index (χ0) is 25.3. The number of anilines is 2. The second kappa shape index (κ2) is 9.62. The Hall–Kier alpha value is -3.91. The number of alkyl halides is 3. The van der Waals surface area contributed by atoms with Gasteiger partial charge in [-0.05, 0) is 40.6 Å². The molecular formula is C28H23F4N3O. The Bertz CT molecular complexity index is 1410. The lowest BCUT2D eigenvalue weighted by atomic mass is 10.0. The Balaban J connectivity index is 1.54. The SMILES string of the molecule is O=C(Nc1cc(F)c(-c2ccc(C(F)(F)F)cc2)cc1N1CCNCC1)c1cccc2ccccc12. The quantitative estimate of drug-likeness (QED) is 0.327. The van der Waals surface area contributed by atoms with E-state index in [0.717, 1.165) is 22.9 Å². The van der Waals surface area contributed by atoms with Crippen LogP contribution in [-0.4, -0.2) is 32.1 Å². The summed E-state index contributed by atoms with van der Waals surface area (Å²) in [7, 11) is 0. The standard InChI is InChI=1S/C28H23F4N3O/c29-24-17-25(34-27(36)22-7-3-5-18-4-1-2-6-21(18)22)26(35-14-12-33-13-15-35)16-23(24)19-8-10-20(11-9-19)28(30,31)32/h1-11,16-17,33H,12-15H2,(H,34,36).